The van der Waals surface area contributed by atoms with E-state index >= 15 is 0 Å². The topological polar surface area (TPSA) is 81.6 Å². The molecule has 112 valence electrons. The predicted octanol–water partition coefficient (Wildman–Crippen LogP) is 0.673. The van der Waals surface area contributed by atoms with Crippen LogP contribution in [0.25, 0.3) is 0 Å². The highest BCUT2D eigenvalue weighted by atomic mass is 16.5. The number of hydrogen-bond acceptors (Lipinski definition) is 6. The quantitative estimate of drug-likeness (QED) is 0.640. The molecule has 1 aromatic heterocycles. The van der Waals surface area contributed by atoms with Crippen molar-refractivity contribution in [2.24, 2.45) is 0 Å². The molecule has 0 bridgehead atoms. The Bertz CT molecular complexity index is 691. The lowest BCUT2D eigenvalue weighted by Gasteiger charge is -2.62. The average Bonchev–Trinajstić information content (AvgIpc) is 2.57. The van der Waals surface area contributed by atoms with Crippen LogP contribution < -0.4 is 15.3 Å². The number of carbonyl (C=O) groups is 1. The van der Waals surface area contributed by atoms with Gasteiger partial charge in [0.1, 0.15) is 0 Å². The lowest BCUT2D eigenvalue weighted by molar-refractivity contribution is 0.0705. The van der Waals surface area contributed by atoms with E-state index in [0.29, 0.717) is 18.0 Å². The summed E-state index contributed by atoms with van der Waals surface area (Å²) in [6.07, 6.45) is 2.85. The van der Waals surface area contributed by atoms with E-state index in [4.69, 9.17) is 5.21 Å². The first-order valence-corrected chi connectivity index (χ1v) is 7.13. The third kappa shape index (κ3) is 1.90. The monoisotopic (exact) mass is 297 g/mol. The van der Waals surface area contributed by atoms with Gasteiger partial charge in [0.15, 0.2) is 0 Å². The molecule has 22 heavy (non-hydrogen) atoms. The number of benzene rings is 1. The molecule has 4 rings (SSSR count). The fourth-order valence-electron chi connectivity index (χ4n) is 3.05. The maximum absolute atomic E-state index is 11.2. The molecule has 0 spiro atoms. The summed E-state index contributed by atoms with van der Waals surface area (Å²) >= 11 is 0. The molecular weight excluding hydrogens is 282 g/mol. The van der Waals surface area contributed by atoms with Crippen molar-refractivity contribution < 1.29 is 10.0 Å². The van der Waals surface area contributed by atoms with Gasteiger partial charge in [-0.3, -0.25) is 10.0 Å². The largest absolute Gasteiger partial charge is 0.362 e. The zero-order valence-corrected chi connectivity index (χ0v) is 11.8. The SMILES string of the molecule is O=C(NO)c1cnc(N2CC3C2CN3c2ccccc2)nc1. The molecule has 2 fully saturated rings. The van der Waals surface area contributed by atoms with E-state index in [2.05, 4.69) is 31.9 Å². The maximum atomic E-state index is 11.2. The number of hydrogen-bond donors (Lipinski definition) is 2. The van der Waals surface area contributed by atoms with Gasteiger partial charge in [0.25, 0.3) is 5.91 Å². The minimum atomic E-state index is -0.605. The molecule has 0 saturated carbocycles. The number of fused-ring (bicyclic) bond motifs is 1. The molecule has 2 aliphatic rings. The first kappa shape index (κ1) is 13.0. The molecule has 2 atom stereocenters. The molecule has 7 nitrogen and oxygen atoms in total. The van der Waals surface area contributed by atoms with E-state index in [9.17, 15) is 4.79 Å². The number of para-hydroxylation sites is 1. The van der Waals surface area contributed by atoms with Crippen molar-refractivity contribution in [1.29, 1.82) is 0 Å². The van der Waals surface area contributed by atoms with E-state index in [-0.39, 0.29) is 5.56 Å². The van der Waals surface area contributed by atoms with E-state index in [0.717, 1.165) is 13.1 Å². The number of carbonyl (C=O) groups excluding carboxylic acids is 1. The van der Waals surface area contributed by atoms with E-state index in [1.165, 1.54) is 18.1 Å². The number of nitrogens with zero attached hydrogens (tertiary/aromatic N) is 4. The van der Waals surface area contributed by atoms with E-state index < -0.39 is 5.91 Å². The van der Waals surface area contributed by atoms with Crippen molar-refractivity contribution in [3.05, 3.63) is 48.3 Å². The Kier molecular flexibility index (Phi) is 2.93. The van der Waals surface area contributed by atoms with Crippen molar-refractivity contribution in [2.75, 3.05) is 22.9 Å². The van der Waals surface area contributed by atoms with Crippen LogP contribution in [0.5, 0.6) is 0 Å². The highest BCUT2D eigenvalue weighted by molar-refractivity contribution is 5.92. The predicted molar refractivity (Wildman–Crippen MR) is 80.0 cm³/mol. The van der Waals surface area contributed by atoms with Gasteiger partial charge in [-0.2, -0.15) is 0 Å². The summed E-state index contributed by atoms with van der Waals surface area (Å²) in [6, 6.07) is 11.3. The highest BCUT2D eigenvalue weighted by Crippen LogP contribution is 2.38. The molecule has 1 amide bonds. The van der Waals surface area contributed by atoms with Gasteiger partial charge in [-0.15, -0.1) is 0 Å². The fraction of sp³-hybridized carbons (Fsp3) is 0.267. The molecule has 2 aromatic rings. The standard InChI is InChI=1S/C15H15N5O2/c21-14(18-22)10-6-16-15(17-7-10)20-9-12-13(20)8-19(12)11-4-2-1-3-5-11/h1-7,12-13,22H,8-9H2,(H,18,21). The fourth-order valence-corrected chi connectivity index (χ4v) is 3.05. The molecule has 7 heteroatoms. The lowest BCUT2D eigenvalue weighted by Crippen LogP contribution is -2.79. The number of hydroxylamine groups is 1. The summed E-state index contributed by atoms with van der Waals surface area (Å²) in [6.45, 7) is 1.84. The number of nitrogens with one attached hydrogen (secondary N) is 1. The van der Waals surface area contributed by atoms with Crippen LogP contribution in [0.1, 0.15) is 10.4 Å². The Hall–Kier alpha value is -2.67. The second-order valence-corrected chi connectivity index (χ2v) is 5.49. The molecular formula is C15H15N5O2. The van der Waals surface area contributed by atoms with Crippen LogP contribution in [0, 0.1) is 0 Å². The van der Waals surface area contributed by atoms with Crippen LogP contribution in [-0.4, -0.2) is 46.3 Å². The van der Waals surface area contributed by atoms with Crippen LogP contribution in [0.15, 0.2) is 42.7 Å². The minimum absolute atomic E-state index is 0.239. The Balaban J connectivity index is 1.43. The van der Waals surface area contributed by atoms with Crippen molar-refractivity contribution >= 4 is 17.5 Å². The highest BCUT2D eigenvalue weighted by Gasteiger charge is 2.52. The lowest BCUT2D eigenvalue weighted by atomic mass is 9.85. The first-order valence-electron chi connectivity index (χ1n) is 7.13. The Morgan fingerprint density at radius 1 is 1.09 bits per heavy atom. The third-order valence-corrected chi connectivity index (χ3v) is 4.36. The van der Waals surface area contributed by atoms with Crippen molar-refractivity contribution in [2.45, 2.75) is 12.1 Å². The van der Waals surface area contributed by atoms with Gasteiger partial charge in [0, 0.05) is 31.2 Å². The van der Waals surface area contributed by atoms with Gasteiger partial charge in [-0.1, -0.05) is 18.2 Å². The zero-order chi connectivity index (χ0) is 15.1. The number of amides is 1. The Morgan fingerprint density at radius 3 is 2.32 bits per heavy atom. The molecule has 0 aliphatic carbocycles. The van der Waals surface area contributed by atoms with Gasteiger partial charge in [-0.25, -0.2) is 15.4 Å². The zero-order valence-electron chi connectivity index (χ0n) is 11.8. The summed E-state index contributed by atoms with van der Waals surface area (Å²) in [5, 5.41) is 8.58. The normalized spacial score (nSPS) is 22.4. The Labute approximate surface area is 127 Å². The smallest absolute Gasteiger partial charge is 0.277 e. The van der Waals surface area contributed by atoms with Crippen LogP contribution in [0.3, 0.4) is 0 Å². The molecule has 3 heterocycles. The maximum Gasteiger partial charge on any atom is 0.277 e. The second kappa shape index (κ2) is 4.96. The third-order valence-electron chi connectivity index (χ3n) is 4.36. The summed E-state index contributed by atoms with van der Waals surface area (Å²) in [5.74, 6) is 0.0235. The first-order chi connectivity index (χ1) is 10.8. The van der Waals surface area contributed by atoms with Crippen LogP contribution in [0.4, 0.5) is 11.6 Å². The van der Waals surface area contributed by atoms with Gasteiger partial charge < -0.3 is 9.80 Å². The van der Waals surface area contributed by atoms with Gasteiger partial charge in [0.05, 0.1) is 17.6 Å². The van der Waals surface area contributed by atoms with Crippen molar-refractivity contribution in [3.63, 3.8) is 0 Å². The molecule has 2 saturated heterocycles. The molecule has 2 N–H and O–H groups in total. The van der Waals surface area contributed by atoms with Crippen LogP contribution in [0.2, 0.25) is 0 Å². The van der Waals surface area contributed by atoms with Crippen molar-refractivity contribution in [1.82, 2.24) is 15.4 Å². The molecule has 1 aromatic carbocycles. The van der Waals surface area contributed by atoms with Crippen LogP contribution in [-0.2, 0) is 0 Å². The van der Waals surface area contributed by atoms with Gasteiger partial charge in [0.2, 0.25) is 5.95 Å². The van der Waals surface area contributed by atoms with E-state index in [1.54, 1.807) is 5.48 Å². The number of piperazine rings is 1. The number of aromatic nitrogens is 2. The summed E-state index contributed by atoms with van der Waals surface area (Å²) < 4.78 is 0. The average molecular weight is 297 g/mol. The summed E-state index contributed by atoms with van der Waals surface area (Å²) in [4.78, 5) is 24.2. The number of rotatable bonds is 3. The van der Waals surface area contributed by atoms with Crippen LogP contribution >= 0.6 is 0 Å². The Morgan fingerprint density at radius 2 is 1.73 bits per heavy atom. The van der Waals surface area contributed by atoms with E-state index in [1.807, 2.05) is 18.2 Å². The molecule has 0 radical (unpaired) electrons. The van der Waals surface area contributed by atoms with Gasteiger partial charge in [-0.05, 0) is 12.1 Å². The minimum Gasteiger partial charge on any atom is -0.362 e. The molecule has 2 aliphatic heterocycles. The number of anilines is 2. The summed E-state index contributed by atoms with van der Waals surface area (Å²) in [7, 11) is 0. The molecule has 2 unspecified atom stereocenters. The summed E-state index contributed by atoms with van der Waals surface area (Å²) in [5.41, 5.74) is 3.06. The van der Waals surface area contributed by atoms with Crippen molar-refractivity contribution in [3.8, 4) is 0 Å². The van der Waals surface area contributed by atoms with Gasteiger partial charge >= 0.3 is 0 Å². The second-order valence-electron chi connectivity index (χ2n) is 5.49.